The maximum Gasteiger partial charge on any atom is 0.179 e. The predicted octanol–water partition coefficient (Wildman–Crippen LogP) is 2.94. The maximum atomic E-state index is 12.6. The molecule has 0 aliphatic carbocycles. The van der Waals surface area contributed by atoms with E-state index in [0.717, 1.165) is 9.77 Å². The van der Waals surface area contributed by atoms with Crippen LogP contribution < -0.4 is 0 Å². The topological polar surface area (TPSA) is 38.7 Å². The zero-order chi connectivity index (χ0) is 10.8. The van der Waals surface area contributed by atoms with E-state index in [2.05, 4.69) is 15.0 Å². The van der Waals surface area contributed by atoms with E-state index >= 15 is 0 Å². The Hall–Kier alpha value is -0.820. The molecule has 2 heterocycles. The molecule has 15 heavy (non-hydrogen) atoms. The Morgan fingerprint density at radius 2 is 2.00 bits per heavy atom. The molecule has 2 rings (SSSR count). The highest BCUT2D eigenvalue weighted by molar-refractivity contribution is 14.1. The third-order valence-electron chi connectivity index (χ3n) is 1.66. The molecule has 3 nitrogen and oxygen atoms in total. The van der Waals surface area contributed by atoms with Crippen LogP contribution in [0.5, 0.6) is 0 Å². The number of hydrogen-bond acceptors (Lipinski definition) is 3. The number of halogens is 3. The first-order valence-corrected chi connectivity index (χ1v) is 5.42. The van der Waals surface area contributed by atoms with Gasteiger partial charge in [-0.2, -0.15) is 0 Å². The summed E-state index contributed by atoms with van der Waals surface area (Å²) in [5.74, 6) is -0.00391. The SMILES string of the molecule is Fc1ccc(-c2ncc(I)c(Cl)n2)nc1. The van der Waals surface area contributed by atoms with E-state index in [4.69, 9.17) is 11.6 Å². The molecule has 0 bridgehead atoms. The molecule has 6 heteroatoms. The quantitative estimate of drug-likeness (QED) is 0.594. The second-order valence-corrected chi connectivity index (χ2v) is 4.21. The fourth-order valence-electron chi connectivity index (χ4n) is 0.978. The maximum absolute atomic E-state index is 12.6. The zero-order valence-electron chi connectivity index (χ0n) is 7.28. The summed E-state index contributed by atoms with van der Waals surface area (Å²) >= 11 is 7.86. The molecule has 0 fully saturated rings. The van der Waals surface area contributed by atoms with E-state index in [1.54, 1.807) is 6.20 Å². The van der Waals surface area contributed by atoms with Crippen LogP contribution in [0.25, 0.3) is 11.5 Å². The van der Waals surface area contributed by atoms with Gasteiger partial charge in [0.2, 0.25) is 0 Å². The molecule has 0 unspecified atom stereocenters. The van der Waals surface area contributed by atoms with Crippen molar-refractivity contribution in [3.05, 3.63) is 39.1 Å². The van der Waals surface area contributed by atoms with Crippen molar-refractivity contribution in [3.8, 4) is 11.5 Å². The van der Waals surface area contributed by atoms with Crippen LogP contribution in [-0.2, 0) is 0 Å². The summed E-state index contributed by atoms with van der Waals surface area (Å²) in [6.45, 7) is 0. The lowest BCUT2D eigenvalue weighted by Crippen LogP contribution is -1.93. The Morgan fingerprint density at radius 1 is 1.20 bits per heavy atom. The summed E-state index contributed by atoms with van der Waals surface area (Å²) in [4.78, 5) is 11.9. The predicted molar refractivity (Wildman–Crippen MR) is 62.9 cm³/mol. The lowest BCUT2D eigenvalue weighted by atomic mass is 10.3. The minimum absolute atomic E-state index is 0.367. The highest BCUT2D eigenvalue weighted by atomic mass is 127. The zero-order valence-corrected chi connectivity index (χ0v) is 10.2. The molecule has 2 aromatic rings. The monoisotopic (exact) mass is 335 g/mol. The summed E-state index contributed by atoms with van der Waals surface area (Å²) in [7, 11) is 0. The summed E-state index contributed by atoms with van der Waals surface area (Å²) in [6, 6.07) is 2.81. The Morgan fingerprint density at radius 3 is 2.60 bits per heavy atom. The second kappa shape index (κ2) is 4.36. The first-order valence-electron chi connectivity index (χ1n) is 3.97. The lowest BCUT2D eigenvalue weighted by molar-refractivity contribution is 0.621. The van der Waals surface area contributed by atoms with Gasteiger partial charge in [0, 0.05) is 6.20 Å². The van der Waals surface area contributed by atoms with Gasteiger partial charge in [0.1, 0.15) is 16.7 Å². The Labute approximate surface area is 104 Å². The van der Waals surface area contributed by atoms with E-state index in [1.165, 1.54) is 12.1 Å². The van der Waals surface area contributed by atoms with E-state index in [-0.39, 0.29) is 0 Å². The van der Waals surface area contributed by atoms with Crippen LogP contribution >= 0.6 is 34.2 Å². The molecule has 2 aromatic heterocycles. The number of pyridine rings is 1. The van der Waals surface area contributed by atoms with Crippen LogP contribution in [0.4, 0.5) is 4.39 Å². The third kappa shape index (κ3) is 2.40. The van der Waals surface area contributed by atoms with Crippen LogP contribution in [0.3, 0.4) is 0 Å². The molecule has 0 spiro atoms. The van der Waals surface area contributed by atoms with Crippen molar-refractivity contribution in [1.82, 2.24) is 15.0 Å². The third-order valence-corrected chi connectivity index (χ3v) is 3.05. The fourth-order valence-corrected chi connectivity index (χ4v) is 1.37. The Kier molecular flexibility index (Phi) is 3.11. The molecule has 0 saturated heterocycles. The smallest absolute Gasteiger partial charge is 0.179 e. The fraction of sp³-hybridized carbons (Fsp3) is 0. The first kappa shape index (κ1) is 10.7. The average molecular weight is 336 g/mol. The van der Waals surface area contributed by atoms with Gasteiger partial charge in [-0.25, -0.2) is 19.3 Å². The standard InChI is InChI=1S/C9H4ClFIN3/c10-8-6(12)4-14-9(15-8)7-2-1-5(11)3-13-7/h1-4H. The molecule has 76 valence electrons. The highest BCUT2D eigenvalue weighted by Crippen LogP contribution is 2.18. The van der Waals surface area contributed by atoms with Crippen molar-refractivity contribution < 1.29 is 4.39 Å². The second-order valence-electron chi connectivity index (χ2n) is 2.69. The van der Waals surface area contributed by atoms with Crippen molar-refractivity contribution in [3.63, 3.8) is 0 Å². The number of nitrogens with zero attached hydrogens (tertiary/aromatic N) is 3. The van der Waals surface area contributed by atoms with Crippen molar-refractivity contribution in [2.45, 2.75) is 0 Å². The molecular weight excluding hydrogens is 331 g/mol. The van der Waals surface area contributed by atoms with Crippen LogP contribution in [0.1, 0.15) is 0 Å². The number of aromatic nitrogens is 3. The van der Waals surface area contributed by atoms with Gasteiger partial charge >= 0.3 is 0 Å². The van der Waals surface area contributed by atoms with Gasteiger partial charge < -0.3 is 0 Å². The number of rotatable bonds is 1. The summed E-state index contributed by atoms with van der Waals surface area (Å²) in [5.41, 5.74) is 0.495. The van der Waals surface area contributed by atoms with Gasteiger partial charge in [-0.1, -0.05) is 11.6 Å². The van der Waals surface area contributed by atoms with Crippen LogP contribution in [0, 0.1) is 9.39 Å². The molecule has 0 aliphatic heterocycles. The largest absolute Gasteiger partial charge is 0.250 e. The van der Waals surface area contributed by atoms with Crippen molar-refractivity contribution in [2.24, 2.45) is 0 Å². The molecule has 0 radical (unpaired) electrons. The Balaban J connectivity index is 2.45. The lowest BCUT2D eigenvalue weighted by Gasteiger charge is -2.00. The average Bonchev–Trinajstić information content (AvgIpc) is 2.23. The van der Waals surface area contributed by atoms with E-state index in [9.17, 15) is 4.39 Å². The normalized spacial score (nSPS) is 10.3. The molecule has 0 aromatic carbocycles. The first-order chi connectivity index (χ1) is 7.16. The molecule has 0 N–H and O–H groups in total. The molecule has 0 saturated carbocycles. The van der Waals surface area contributed by atoms with Gasteiger partial charge in [-0.05, 0) is 34.7 Å². The van der Waals surface area contributed by atoms with Gasteiger partial charge in [-0.15, -0.1) is 0 Å². The van der Waals surface area contributed by atoms with Crippen molar-refractivity contribution in [2.75, 3.05) is 0 Å². The van der Waals surface area contributed by atoms with Crippen LogP contribution in [0.15, 0.2) is 24.5 Å². The van der Waals surface area contributed by atoms with Crippen LogP contribution in [0.2, 0.25) is 5.15 Å². The molecule has 0 aliphatic rings. The van der Waals surface area contributed by atoms with Crippen LogP contribution in [-0.4, -0.2) is 15.0 Å². The summed E-state index contributed by atoms with van der Waals surface area (Å²) in [6.07, 6.45) is 2.71. The Bertz CT molecular complexity index is 489. The minimum atomic E-state index is -0.393. The van der Waals surface area contributed by atoms with E-state index in [0.29, 0.717) is 16.7 Å². The van der Waals surface area contributed by atoms with Crippen molar-refractivity contribution >= 4 is 34.2 Å². The van der Waals surface area contributed by atoms with Gasteiger partial charge in [-0.3, -0.25) is 0 Å². The molecular formula is C9H4ClFIN3. The molecule has 0 atom stereocenters. The van der Waals surface area contributed by atoms with E-state index in [1.807, 2.05) is 22.6 Å². The van der Waals surface area contributed by atoms with Gasteiger partial charge in [0.05, 0.1) is 9.77 Å². The summed E-state index contributed by atoms with van der Waals surface area (Å²) in [5, 5.41) is 0.367. The minimum Gasteiger partial charge on any atom is -0.250 e. The number of hydrogen-bond donors (Lipinski definition) is 0. The van der Waals surface area contributed by atoms with Gasteiger partial charge in [0.15, 0.2) is 5.82 Å². The highest BCUT2D eigenvalue weighted by Gasteiger charge is 2.06. The van der Waals surface area contributed by atoms with E-state index < -0.39 is 5.82 Å². The van der Waals surface area contributed by atoms with Crippen molar-refractivity contribution in [1.29, 1.82) is 0 Å². The van der Waals surface area contributed by atoms with Gasteiger partial charge in [0.25, 0.3) is 0 Å². The molecule has 0 amide bonds. The summed E-state index contributed by atoms with van der Waals surface area (Å²) < 4.78 is 13.4.